The average molecular weight is 347 g/mol. The van der Waals surface area contributed by atoms with Crippen LogP contribution in [0.3, 0.4) is 0 Å². The van der Waals surface area contributed by atoms with Crippen LogP contribution in [0.5, 0.6) is 5.88 Å². The Morgan fingerprint density at radius 2 is 2.29 bits per heavy atom. The number of hydrogen-bond acceptors (Lipinski definition) is 4. The van der Waals surface area contributed by atoms with Gasteiger partial charge in [0.1, 0.15) is 0 Å². The van der Waals surface area contributed by atoms with Crippen molar-refractivity contribution in [2.45, 2.75) is 19.5 Å². The number of halogens is 3. The van der Waals surface area contributed by atoms with Gasteiger partial charge in [-0.15, -0.1) is 0 Å². The minimum atomic E-state index is -4.42. The second-order valence-electron chi connectivity index (χ2n) is 5.49. The lowest BCUT2D eigenvalue weighted by Gasteiger charge is -2.24. The normalized spacial score (nSPS) is 17.6. The van der Waals surface area contributed by atoms with Gasteiger partial charge in [-0.1, -0.05) is 0 Å². The number of rotatable bonds is 6. The van der Waals surface area contributed by atoms with E-state index in [-0.39, 0.29) is 11.9 Å². The van der Waals surface area contributed by atoms with Crippen LogP contribution in [0.2, 0.25) is 0 Å². The van der Waals surface area contributed by atoms with Gasteiger partial charge in [-0.25, -0.2) is 9.78 Å². The van der Waals surface area contributed by atoms with Gasteiger partial charge in [0.05, 0.1) is 18.5 Å². The van der Waals surface area contributed by atoms with Crippen LogP contribution in [0, 0.1) is 5.92 Å². The van der Waals surface area contributed by atoms with Crippen LogP contribution >= 0.6 is 0 Å². The van der Waals surface area contributed by atoms with E-state index in [1.807, 2.05) is 6.92 Å². The summed E-state index contributed by atoms with van der Waals surface area (Å²) in [6.07, 6.45) is -2.23. The van der Waals surface area contributed by atoms with Gasteiger partial charge in [0.2, 0.25) is 5.88 Å². The molecule has 1 aromatic rings. The molecule has 134 valence electrons. The maximum atomic E-state index is 12.2. The Morgan fingerprint density at radius 1 is 1.50 bits per heavy atom. The summed E-state index contributed by atoms with van der Waals surface area (Å²) in [5.74, 6) is 0.174. The first-order valence-electron chi connectivity index (χ1n) is 7.66. The number of alkyl halides is 3. The molecule has 6 nitrogen and oxygen atoms in total. The highest BCUT2D eigenvalue weighted by Gasteiger charge is 2.28. The van der Waals surface area contributed by atoms with Crippen LogP contribution in [-0.2, 0) is 4.74 Å². The minimum absolute atomic E-state index is 0.152. The molecule has 1 N–H and O–H groups in total. The molecule has 0 saturated carbocycles. The Hall–Kier alpha value is -2.03. The number of aromatic nitrogens is 1. The number of carbonyl (C=O) groups is 1. The third-order valence-electron chi connectivity index (χ3n) is 3.54. The third kappa shape index (κ3) is 5.88. The molecule has 24 heavy (non-hydrogen) atoms. The van der Waals surface area contributed by atoms with E-state index in [1.165, 1.54) is 18.3 Å². The van der Waals surface area contributed by atoms with E-state index in [4.69, 9.17) is 4.74 Å². The topological polar surface area (TPSA) is 63.7 Å². The molecule has 1 unspecified atom stereocenters. The fourth-order valence-corrected chi connectivity index (χ4v) is 2.29. The van der Waals surface area contributed by atoms with Gasteiger partial charge < -0.3 is 19.7 Å². The zero-order valence-electron chi connectivity index (χ0n) is 13.3. The number of pyridine rings is 1. The van der Waals surface area contributed by atoms with E-state index in [0.29, 0.717) is 37.9 Å². The lowest BCUT2D eigenvalue weighted by atomic mass is 10.1. The summed E-state index contributed by atoms with van der Waals surface area (Å²) >= 11 is 0. The van der Waals surface area contributed by atoms with Gasteiger partial charge in [-0.3, -0.25) is 0 Å². The SMILES string of the molecule is CCN(CC1CCOC1)C(=O)Nc1ccc(OCC(F)(F)F)nc1. The number of hydrogen-bond donors (Lipinski definition) is 1. The summed E-state index contributed by atoms with van der Waals surface area (Å²) < 4.78 is 46.0. The monoisotopic (exact) mass is 347 g/mol. The summed E-state index contributed by atoms with van der Waals surface area (Å²) in [6, 6.07) is 2.45. The molecule has 0 radical (unpaired) electrons. The Bertz CT molecular complexity index is 531. The van der Waals surface area contributed by atoms with E-state index in [0.717, 1.165) is 6.42 Å². The second kappa shape index (κ2) is 8.18. The molecule has 0 aromatic carbocycles. The first kappa shape index (κ1) is 18.3. The van der Waals surface area contributed by atoms with Gasteiger partial charge in [0.15, 0.2) is 6.61 Å². The largest absolute Gasteiger partial charge is 0.468 e. The highest BCUT2D eigenvalue weighted by Crippen LogP contribution is 2.19. The zero-order chi connectivity index (χ0) is 17.6. The number of urea groups is 1. The van der Waals surface area contributed by atoms with Crippen molar-refractivity contribution in [3.8, 4) is 5.88 Å². The van der Waals surface area contributed by atoms with Crippen molar-refractivity contribution in [3.05, 3.63) is 18.3 Å². The van der Waals surface area contributed by atoms with E-state index in [9.17, 15) is 18.0 Å². The lowest BCUT2D eigenvalue weighted by molar-refractivity contribution is -0.154. The fraction of sp³-hybridized carbons (Fsp3) is 0.600. The van der Waals surface area contributed by atoms with Crippen molar-refractivity contribution < 1.29 is 27.4 Å². The van der Waals surface area contributed by atoms with Crippen molar-refractivity contribution >= 4 is 11.7 Å². The van der Waals surface area contributed by atoms with Crippen molar-refractivity contribution in [2.75, 3.05) is 38.2 Å². The van der Waals surface area contributed by atoms with Crippen LogP contribution in [0.15, 0.2) is 18.3 Å². The molecule has 0 aliphatic carbocycles. The van der Waals surface area contributed by atoms with Crippen molar-refractivity contribution in [1.29, 1.82) is 0 Å². The van der Waals surface area contributed by atoms with Crippen LogP contribution < -0.4 is 10.1 Å². The average Bonchev–Trinajstić information content (AvgIpc) is 3.04. The van der Waals surface area contributed by atoms with E-state index >= 15 is 0 Å². The van der Waals surface area contributed by atoms with Crippen molar-refractivity contribution in [2.24, 2.45) is 5.92 Å². The molecular weight excluding hydrogens is 327 g/mol. The molecule has 1 fully saturated rings. The maximum Gasteiger partial charge on any atom is 0.422 e. The van der Waals surface area contributed by atoms with E-state index in [1.54, 1.807) is 4.90 Å². The molecule has 1 atom stereocenters. The zero-order valence-corrected chi connectivity index (χ0v) is 13.3. The molecule has 1 saturated heterocycles. The van der Waals surface area contributed by atoms with Crippen molar-refractivity contribution in [3.63, 3.8) is 0 Å². The number of nitrogens with zero attached hydrogens (tertiary/aromatic N) is 2. The Labute approximate surface area is 137 Å². The standard InChI is InChI=1S/C15H20F3N3O3/c1-2-21(8-11-5-6-23-9-11)14(22)20-12-3-4-13(19-7-12)24-10-15(16,17)18/h3-4,7,11H,2,5-6,8-10H2,1H3,(H,20,22). The molecule has 2 rings (SSSR count). The molecule has 0 spiro atoms. The van der Waals surface area contributed by atoms with Gasteiger partial charge in [0.25, 0.3) is 0 Å². The number of amides is 2. The van der Waals surface area contributed by atoms with Crippen LogP contribution in [0.4, 0.5) is 23.7 Å². The van der Waals surface area contributed by atoms with E-state index < -0.39 is 12.8 Å². The van der Waals surface area contributed by atoms with Gasteiger partial charge in [-0.05, 0) is 19.4 Å². The van der Waals surface area contributed by atoms with Crippen LogP contribution in [0.25, 0.3) is 0 Å². The van der Waals surface area contributed by atoms with Gasteiger partial charge in [-0.2, -0.15) is 13.2 Å². The molecule has 1 aromatic heterocycles. The minimum Gasteiger partial charge on any atom is -0.468 e. The van der Waals surface area contributed by atoms with Crippen LogP contribution in [0.1, 0.15) is 13.3 Å². The number of nitrogens with one attached hydrogen (secondary N) is 1. The first-order chi connectivity index (χ1) is 11.4. The quantitative estimate of drug-likeness (QED) is 0.859. The fourth-order valence-electron chi connectivity index (χ4n) is 2.29. The summed E-state index contributed by atoms with van der Waals surface area (Å²) in [5, 5.41) is 2.67. The molecule has 9 heteroatoms. The van der Waals surface area contributed by atoms with E-state index in [2.05, 4.69) is 15.0 Å². The smallest absolute Gasteiger partial charge is 0.422 e. The molecule has 0 bridgehead atoms. The summed E-state index contributed by atoms with van der Waals surface area (Å²) in [7, 11) is 0. The molecule has 1 aliphatic heterocycles. The third-order valence-corrected chi connectivity index (χ3v) is 3.54. The van der Waals surface area contributed by atoms with Crippen molar-refractivity contribution in [1.82, 2.24) is 9.88 Å². The number of ether oxygens (including phenoxy) is 2. The molecule has 2 heterocycles. The molecule has 1 aliphatic rings. The predicted octanol–water partition coefficient (Wildman–Crippen LogP) is 2.91. The summed E-state index contributed by atoms with van der Waals surface area (Å²) in [6.45, 7) is 2.98. The Balaban J connectivity index is 1.85. The Morgan fingerprint density at radius 3 is 2.83 bits per heavy atom. The van der Waals surface area contributed by atoms with Crippen LogP contribution in [-0.4, -0.2) is 55.0 Å². The Kier molecular flexibility index (Phi) is 6.24. The molecule has 2 amide bonds. The lowest BCUT2D eigenvalue weighted by Crippen LogP contribution is -2.38. The number of anilines is 1. The highest BCUT2D eigenvalue weighted by atomic mass is 19.4. The first-order valence-corrected chi connectivity index (χ1v) is 7.66. The highest BCUT2D eigenvalue weighted by molar-refractivity contribution is 5.89. The van der Waals surface area contributed by atoms with Gasteiger partial charge in [0, 0.05) is 31.7 Å². The predicted molar refractivity (Wildman–Crippen MR) is 81.0 cm³/mol. The second-order valence-corrected chi connectivity index (χ2v) is 5.49. The summed E-state index contributed by atoms with van der Waals surface area (Å²) in [5.41, 5.74) is 0.389. The number of carbonyl (C=O) groups excluding carboxylic acids is 1. The molecular formula is C15H20F3N3O3. The van der Waals surface area contributed by atoms with Gasteiger partial charge >= 0.3 is 12.2 Å². The summed E-state index contributed by atoms with van der Waals surface area (Å²) in [4.78, 5) is 17.6. The maximum absolute atomic E-state index is 12.2.